The van der Waals surface area contributed by atoms with Gasteiger partial charge in [0.05, 0.1) is 18.1 Å². The minimum atomic E-state index is -3.61. The summed E-state index contributed by atoms with van der Waals surface area (Å²) in [4.78, 5) is 0.252. The molecular weight excluding hydrogens is 290 g/mol. The predicted molar refractivity (Wildman–Crippen MR) is 82.7 cm³/mol. The molecule has 0 fully saturated rings. The zero-order valence-electron chi connectivity index (χ0n) is 13.4. The van der Waals surface area contributed by atoms with Gasteiger partial charge < -0.3 is 9.84 Å². The molecule has 0 heterocycles. The molecule has 0 bridgehead atoms. The molecule has 0 saturated carbocycles. The van der Waals surface area contributed by atoms with Crippen LogP contribution < -0.4 is 0 Å². The van der Waals surface area contributed by atoms with Gasteiger partial charge in [-0.25, -0.2) is 8.42 Å². The Hall–Kier alpha value is -0.950. The van der Waals surface area contributed by atoms with Crippen molar-refractivity contribution < 1.29 is 18.3 Å². The Bertz CT molecular complexity index is 582. The third-order valence-electron chi connectivity index (χ3n) is 3.48. The summed E-state index contributed by atoms with van der Waals surface area (Å²) in [5, 5.41) is 9.36. The van der Waals surface area contributed by atoms with Crippen LogP contribution in [0.1, 0.15) is 30.5 Å². The summed E-state index contributed by atoms with van der Waals surface area (Å²) < 4.78 is 32.2. The van der Waals surface area contributed by atoms with E-state index in [1.54, 1.807) is 26.2 Å². The van der Waals surface area contributed by atoms with Crippen molar-refractivity contribution in [2.75, 3.05) is 20.3 Å². The number of benzene rings is 1. The summed E-state index contributed by atoms with van der Waals surface area (Å²) in [6, 6.07) is 3.21. The second kappa shape index (κ2) is 7.35. The molecule has 5 nitrogen and oxygen atoms in total. The van der Waals surface area contributed by atoms with Gasteiger partial charge in [-0.15, -0.1) is 0 Å². The van der Waals surface area contributed by atoms with Crippen molar-refractivity contribution in [3.8, 4) is 0 Å². The zero-order valence-corrected chi connectivity index (χ0v) is 14.2. The average Bonchev–Trinajstić information content (AvgIpc) is 2.38. The summed E-state index contributed by atoms with van der Waals surface area (Å²) in [5.74, 6) is 0. The van der Waals surface area contributed by atoms with Crippen LogP contribution >= 0.6 is 0 Å². The topological polar surface area (TPSA) is 66.8 Å². The van der Waals surface area contributed by atoms with Crippen molar-refractivity contribution >= 4 is 10.0 Å². The normalized spacial score (nSPS) is 12.4. The summed E-state index contributed by atoms with van der Waals surface area (Å²) in [6.07, 6.45) is 0. The molecule has 1 N–H and O–H groups in total. The molecule has 0 aliphatic rings. The number of hydrogen-bond donors (Lipinski definition) is 1. The third-order valence-corrected chi connectivity index (χ3v) is 5.70. The molecule has 0 unspecified atom stereocenters. The van der Waals surface area contributed by atoms with Crippen molar-refractivity contribution in [1.29, 1.82) is 0 Å². The highest BCUT2D eigenvalue weighted by Gasteiger charge is 2.28. The van der Waals surface area contributed by atoms with Gasteiger partial charge in [-0.05, 0) is 50.5 Å². The van der Waals surface area contributed by atoms with E-state index in [0.717, 1.165) is 5.56 Å². The van der Waals surface area contributed by atoms with Gasteiger partial charge in [-0.3, -0.25) is 0 Å². The van der Waals surface area contributed by atoms with E-state index in [2.05, 4.69) is 0 Å². The van der Waals surface area contributed by atoms with Crippen LogP contribution in [0.5, 0.6) is 0 Å². The van der Waals surface area contributed by atoms with Gasteiger partial charge in [0.2, 0.25) is 10.0 Å². The van der Waals surface area contributed by atoms with Crippen molar-refractivity contribution in [3.63, 3.8) is 0 Å². The van der Waals surface area contributed by atoms with Gasteiger partial charge in [0.1, 0.15) is 0 Å². The van der Waals surface area contributed by atoms with Crippen LogP contribution in [0, 0.1) is 13.8 Å². The number of sulfonamides is 1. The van der Waals surface area contributed by atoms with Crippen molar-refractivity contribution in [1.82, 2.24) is 4.31 Å². The van der Waals surface area contributed by atoms with Crippen LogP contribution in [0.3, 0.4) is 0 Å². The van der Waals surface area contributed by atoms with E-state index in [4.69, 9.17) is 4.74 Å². The van der Waals surface area contributed by atoms with Crippen LogP contribution in [0.15, 0.2) is 17.0 Å². The Morgan fingerprint density at radius 3 is 2.33 bits per heavy atom. The first-order valence-electron chi connectivity index (χ1n) is 6.97. The molecule has 0 aromatic heterocycles. The molecular formula is C15H25NO4S. The van der Waals surface area contributed by atoms with Crippen LogP contribution in [0.4, 0.5) is 0 Å². The van der Waals surface area contributed by atoms with E-state index in [9.17, 15) is 13.5 Å². The number of nitrogens with zero attached hydrogens (tertiary/aromatic N) is 1. The molecule has 0 aliphatic carbocycles. The maximum atomic E-state index is 12.9. The van der Waals surface area contributed by atoms with Gasteiger partial charge in [0.15, 0.2) is 0 Å². The molecule has 1 aromatic carbocycles. The number of aliphatic hydroxyl groups is 1. The van der Waals surface area contributed by atoms with Crippen molar-refractivity contribution in [2.45, 2.75) is 45.2 Å². The lowest BCUT2D eigenvalue weighted by Gasteiger charge is -2.26. The number of hydrogen-bond acceptors (Lipinski definition) is 4. The monoisotopic (exact) mass is 315 g/mol. The fourth-order valence-electron chi connectivity index (χ4n) is 2.29. The Morgan fingerprint density at radius 1 is 1.24 bits per heavy atom. The van der Waals surface area contributed by atoms with E-state index in [0.29, 0.717) is 24.3 Å². The summed E-state index contributed by atoms with van der Waals surface area (Å²) >= 11 is 0. The lowest BCUT2D eigenvalue weighted by Crippen LogP contribution is -2.39. The Balaban J connectivity index is 3.34. The number of rotatable bonds is 7. The van der Waals surface area contributed by atoms with Crippen LogP contribution in [0.25, 0.3) is 0 Å². The van der Waals surface area contributed by atoms with E-state index < -0.39 is 10.0 Å². The first kappa shape index (κ1) is 18.1. The summed E-state index contributed by atoms with van der Waals surface area (Å²) in [6.45, 7) is 7.78. The molecule has 0 spiro atoms. The fraction of sp³-hybridized carbons (Fsp3) is 0.600. The van der Waals surface area contributed by atoms with Gasteiger partial charge in [0, 0.05) is 19.7 Å². The molecule has 0 amide bonds. The van der Waals surface area contributed by atoms with E-state index in [-0.39, 0.29) is 17.5 Å². The quantitative estimate of drug-likeness (QED) is 0.834. The summed E-state index contributed by atoms with van der Waals surface area (Å²) in [5.41, 5.74) is 2.21. The third kappa shape index (κ3) is 4.03. The second-order valence-electron chi connectivity index (χ2n) is 5.40. The number of ether oxygens (including phenoxy) is 1. The largest absolute Gasteiger partial charge is 0.392 e. The lowest BCUT2D eigenvalue weighted by atomic mass is 10.1. The first-order chi connectivity index (χ1) is 9.75. The second-order valence-corrected chi connectivity index (χ2v) is 7.26. The first-order valence-corrected chi connectivity index (χ1v) is 8.41. The molecule has 0 atom stereocenters. The van der Waals surface area contributed by atoms with E-state index in [1.165, 1.54) is 4.31 Å². The highest BCUT2D eigenvalue weighted by Crippen LogP contribution is 2.25. The Kier molecular flexibility index (Phi) is 6.34. The van der Waals surface area contributed by atoms with Gasteiger partial charge in [0.25, 0.3) is 0 Å². The number of aliphatic hydroxyl groups excluding tert-OH is 1. The SMILES string of the molecule is COCCN(C(C)C)S(=O)(=O)c1cc(CO)c(C)cc1C. The summed E-state index contributed by atoms with van der Waals surface area (Å²) in [7, 11) is -2.06. The zero-order chi connectivity index (χ0) is 16.2. The highest BCUT2D eigenvalue weighted by atomic mass is 32.2. The van der Waals surface area contributed by atoms with E-state index in [1.807, 2.05) is 20.8 Å². The maximum absolute atomic E-state index is 12.9. The molecule has 0 aliphatic heterocycles. The molecule has 6 heteroatoms. The van der Waals surface area contributed by atoms with Gasteiger partial charge in [-0.2, -0.15) is 4.31 Å². The standard InChI is InChI=1S/C15H25NO4S/c1-11(2)16(6-7-20-5)21(18,19)15-9-14(10-17)12(3)8-13(15)4/h8-9,11,17H,6-7,10H2,1-5H3. The predicted octanol–water partition coefficient (Wildman–Crippen LogP) is 1.84. The average molecular weight is 315 g/mol. The van der Waals surface area contributed by atoms with E-state index >= 15 is 0 Å². The molecule has 21 heavy (non-hydrogen) atoms. The smallest absolute Gasteiger partial charge is 0.243 e. The van der Waals surface area contributed by atoms with Gasteiger partial charge >= 0.3 is 0 Å². The number of aryl methyl sites for hydroxylation is 2. The number of methoxy groups -OCH3 is 1. The van der Waals surface area contributed by atoms with Gasteiger partial charge in [-0.1, -0.05) is 6.07 Å². The molecule has 0 radical (unpaired) electrons. The molecule has 1 rings (SSSR count). The highest BCUT2D eigenvalue weighted by molar-refractivity contribution is 7.89. The van der Waals surface area contributed by atoms with Crippen molar-refractivity contribution in [2.24, 2.45) is 0 Å². The lowest BCUT2D eigenvalue weighted by molar-refractivity contribution is 0.171. The molecule has 120 valence electrons. The Morgan fingerprint density at radius 2 is 1.86 bits per heavy atom. The fourth-order valence-corrected chi connectivity index (χ4v) is 4.17. The minimum absolute atomic E-state index is 0.163. The Labute approximate surface area is 127 Å². The molecule has 0 saturated heterocycles. The van der Waals surface area contributed by atoms with Crippen LogP contribution in [-0.2, 0) is 21.4 Å². The maximum Gasteiger partial charge on any atom is 0.243 e. The van der Waals surface area contributed by atoms with Crippen LogP contribution in [0.2, 0.25) is 0 Å². The minimum Gasteiger partial charge on any atom is -0.392 e. The molecule has 1 aromatic rings. The van der Waals surface area contributed by atoms with Crippen LogP contribution in [-0.4, -0.2) is 44.1 Å². The van der Waals surface area contributed by atoms with Crippen molar-refractivity contribution in [3.05, 3.63) is 28.8 Å².